The Kier molecular flexibility index (Phi) is 7.08. The average Bonchev–Trinajstić information content (AvgIpc) is 2.73. The van der Waals surface area contributed by atoms with E-state index in [9.17, 15) is 14.0 Å². The normalized spacial score (nSPS) is 18.7. The third kappa shape index (κ3) is 5.17. The zero-order valence-corrected chi connectivity index (χ0v) is 17.8. The van der Waals surface area contributed by atoms with Gasteiger partial charge in [-0.2, -0.15) is 0 Å². The van der Waals surface area contributed by atoms with Gasteiger partial charge in [0.25, 0.3) is 11.8 Å². The average molecular weight is 413 g/mol. The summed E-state index contributed by atoms with van der Waals surface area (Å²) in [7, 11) is 1.64. The molecule has 2 unspecified atom stereocenters. The molecule has 0 aliphatic carbocycles. The van der Waals surface area contributed by atoms with Gasteiger partial charge in [0, 0.05) is 36.8 Å². The molecular formula is C24H29FN2O3. The van der Waals surface area contributed by atoms with Crippen molar-refractivity contribution in [2.24, 2.45) is 0 Å². The summed E-state index contributed by atoms with van der Waals surface area (Å²) < 4.78 is 19.5. The van der Waals surface area contributed by atoms with Crippen LogP contribution in [0.25, 0.3) is 0 Å². The number of ether oxygens (including phenoxy) is 1. The molecule has 1 fully saturated rings. The highest BCUT2D eigenvalue weighted by Gasteiger charge is 2.29. The van der Waals surface area contributed by atoms with Crippen LogP contribution in [0.2, 0.25) is 0 Å². The van der Waals surface area contributed by atoms with Crippen molar-refractivity contribution < 1.29 is 18.7 Å². The minimum absolute atomic E-state index is 0.0144. The third-order valence-corrected chi connectivity index (χ3v) is 5.66. The summed E-state index contributed by atoms with van der Waals surface area (Å²) in [4.78, 5) is 28.6. The van der Waals surface area contributed by atoms with Crippen LogP contribution >= 0.6 is 0 Å². The topological polar surface area (TPSA) is 49.9 Å². The molecule has 2 amide bonds. The number of halogens is 1. The highest BCUT2D eigenvalue weighted by molar-refractivity contribution is 5.94. The van der Waals surface area contributed by atoms with Gasteiger partial charge in [-0.1, -0.05) is 18.2 Å². The van der Waals surface area contributed by atoms with Gasteiger partial charge in [-0.15, -0.1) is 0 Å². The highest BCUT2D eigenvalue weighted by Crippen LogP contribution is 2.23. The maximum Gasteiger partial charge on any atom is 0.260 e. The van der Waals surface area contributed by atoms with Crippen LogP contribution in [-0.4, -0.2) is 47.4 Å². The van der Waals surface area contributed by atoms with Crippen molar-refractivity contribution in [1.82, 2.24) is 9.80 Å². The molecule has 3 rings (SSSR count). The van der Waals surface area contributed by atoms with Crippen molar-refractivity contribution in [2.45, 2.75) is 51.7 Å². The molecule has 6 heteroatoms. The molecule has 30 heavy (non-hydrogen) atoms. The van der Waals surface area contributed by atoms with Crippen molar-refractivity contribution in [3.05, 3.63) is 65.5 Å². The standard InChI is InChI=1S/C24H29FN2O3/c1-17-7-6-8-18(2)27(17)23(28)16-30-21-13-11-19(12-14-21)24(29)26(3)15-20-9-4-5-10-22(20)25/h4-5,9-14,17-18H,6-8,15-16H2,1-3H3. The molecule has 0 N–H and O–H groups in total. The van der Waals surface area contributed by atoms with E-state index in [-0.39, 0.29) is 42.9 Å². The second-order valence-corrected chi connectivity index (χ2v) is 8.00. The van der Waals surface area contributed by atoms with Crippen LogP contribution in [0.3, 0.4) is 0 Å². The Morgan fingerprint density at radius 1 is 1.07 bits per heavy atom. The molecule has 2 aromatic carbocycles. The van der Waals surface area contributed by atoms with Crippen LogP contribution in [0.1, 0.15) is 49.0 Å². The Bertz CT molecular complexity index is 874. The molecule has 2 aromatic rings. The van der Waals surface area contributed by atoms with E-state index in [1.54, 1.807) is 49.5 Å². The van der Waals surface area contributed by atoms with Gasteiger partial charge in [0.15, 0.2) is 6.61 Å². The molecule has 0 radical (unpaired) electrons. The van der Waals surface area contributed by atoms with E-state index in [0.717, 1.165) is 19.3 Å². The predicted octanol–water partition coefficient (Wildman–Crippen LogP) is 4.27. The SMILES string of the molecule is CC1CCCC(C)N1C(=O)COc1ccc(C(=O)N(C)Cc2ccccc2F)cc1. The summed E-state index contributed by atoms with van der Waals surface area (Å²) in [6, 6.07) is 13.6. The summed E-state index contributed by atoms with van der Waals surface area (Å²) in [5.41, 5.74) is 0.943. The van der Waals surface area contributed by atoms with Crippen LogP contribution in [0.15, 0.2) is 48.5 Å². The third-order valence-electron chi connectivity index (χ3n) is 5.66. The Labute approximate surface area is 177 Å². The fraction of sp³-hybridized carbons (Fsp3) is 0.417. The van der Waals surface area contributed by atoms with Crippen molar-refractivity contribution in [2.75, 3.05) is 13.7 Å². The quantitative estimate of drug-likeness (QED) is 0.712. The van der Waals surface area contributed by atoms with E-state index < -0.39 is 0 Å². The fourth-order valence-corrected chi connectivity index (χ4v) is 4.00. The predicted molar refractivity (Wildman–Crippen MR) is 114 cm³/mol. The molecule has 160 valence electrons. The first-order chi connectivity index (χ1) is 14.4. The molecule has 1 aliphatic heterocycles. The van der Waals surface area contributed by atoms with Gasteiger partial charge in [0.05, 0.1) is 0 Å². The molecule has 1 aliphatic rings. The zero-order chi connectivity index (χ0) is 21.7. The Hall–Kier alpha value is -2.89. The molecule has 2 atom stereocenters. The number of hydrogen-bond acceptors (Lipinski definition) is 3. The number of benzene rings is 2. The molecule has 0 saturated carbocycles. The van der Waals surface area contributed by atoms with E-state index in [4.69, 9.17) is 4.74 Å². The van der Waals surface area contributed by atoms with Crippen molar-refractivity contribution in [3.63, 3.8) is 0 Å². The lowest BCUT2D eigenvalue weighted by Gasteiger charge is -2.38. The smallest absolute Gasteiger partial charge is 0.260 e. The first-order valence-corrected chi connectivity index (χ1v) is 10.4. The Balaban J connectivity index is 1.56. The number of carbonyl (C=O) groups is 2. The van der Waals surface area contributed by atoms with Gasteiger partial charge < -0.3 is 14.5 Å². The van der Waals surface area contributed by atoms with Gasteiger partial charge >= 0.3 is 0 Å². The zero-order valence-electron chi connectivity index (χ0n) is 17.8. The molecule has 5 nitrogen and oxygen atoms in total. The maximum atomic E-state index is 13.8. The van der Waals surface area contributed by atoms with Crippen LogP contribution < -0.4 is 4.74 Å². The van der Waals surface area contributed by atoms with E-state index >= 15 is 0 Å². The first-order valence-electron chi connectivity index (χ1n) is 10.4. The molecule has 0 spiro atoms. The second kappa shape index (κ2) is 9.74. The van der Waals surface area contributed by atoms with Gasteiger partial charge in [0.2, 0.25) is 0 Å². The number of amides is 2. The van der Waals surface area contributed by atoms with Crippen LogP contribution in [0.5, 0.6) is 5.75 Å². The van der Waals surface area contributed by atoms with E-state index in [2.05, 4.69) is 13.8 Å². The number of piperidine rings is 1. The number of rotatable bonds is 6. The lowest BCUT2D eigenvalue weighted by molar-refractivity contribution is -0.139. The first kappa shape index (κ1) is 21.8. The van der Waals surface area contributed by atoms with E-state index in [1.807, 2.05) is 4.90 Å². The van der Waals surface area contributed by atoms with Gasteiger partial charge in [-0.3, -0.25) is 9.59 Å². The second-order valence-electron chi connectivity index (χ2n) is 8.00. The van der Waals surface area contributed by atoms with Gasteiger partial charge in [0.1, 0.15) is 11.6 Å². The lowest BCUT2D eigenvalue weighted by Crippen LogP contribution is -2.49. The summed E-state index contributed by atoms with van der Waals surface area (Å²) in [5, 5.41) is 0. The largest absolute Gasteiger partial charge is 0.484 e. The molecule has 1 heterocycles. The van der Waals surface area contributed by atoms with Crippen LogP contribution in [0, 0.1) is 5.82 Å². The summed E-state index contributed by atoms with van der Waals surface area (Å²) in [6.07, 6.45) is 3.19. The number of nitrogens with zero attached hydrogens (tertiary/aromatic N) is 2. The summed E-state index contributed by atoms with van der Waals surface area (Å²) >= 11 is 0. The number of hydrogen-bond donors (Lipinski definition) is 0. The van der Waals surface area contributed by atoms with Gasteiger partial charge in [-0.25, -0.2) is 4.39 Å². The monoisotopic (exact) mass is 412 g/mol. The van der Waals surface area contributed by atoms with Gasteiger partial charge in [-0.05, 0) is 63.4 Å². The summed E-state index contributed by atoms with van der Waals surface area (Å²) in [6.45, 7) is 4.32. The molecule has 0 bridgehead atoms. The van der Waals surface area contributed by atoms with E-state index in [1.165, 1.54) is 11.0 Å². The molecule has 0 aromatic heterocycles. The minimum atomic E-state index is -0.331. The van der Waals surface area contributed by atoms with Crippen LogP contribution in [-0.2, 0) is 11.3 Å². The lowest BCUT2D eigenvalue weighted by atomic mass is 9.97. The van der Waals surface area contributed by atoms with E-state index in [0.29, 0.717) is 16.9 Å². The Morgan fingerprint density at radius 2 is 1.70 bits per heavy atom. The Morgan fingerprint density at radius 3 is 2.33 bits per heavy atom. The number of carbonyl (C=O) groups excluding carboxylic acids is 2. The maximum absolute atomic E-state index is 13.8. The van der Waals surface area contributed by atoms with Crippen LogP contribution in [0.4, 0.5) is 4.39 Å². The van der Waals surface area contributed by atoms with Crippen molar-refractivity contribution >= 4 is 11.8 Å². The minimum Gasteiger partial charge on any atom is -0.484 e. The highest BCUT2D eigenvalue weighted by atomic mass is 19.1. The van der Waals surface area contributed by atoms with Crippen molar-refractivity contribution in [3.8, 4) is 5.75 Å². The summed E-state index contributed by atoms with van der Waals surface area (Å²) in [5.74, 6) is -0.0202. The fourth-order valence-electron chi connectivity index (χ4n) is 4.00. The molecule has 1 saturated heterocycles. The number of likely N-dealkylation sites (tertiary alicyclic amines) is 1. The molecular weight excluding hydrogens is 383 g/mol. The van der Waals surface area contributed by atoms with Crippen molar-refractivity contribution in [1.29, 1.82) is 0 Å².